The molecule has 0 spiro atoms. The van der Waals surface area contributed by atoms with Crippen LogP contribution in [0.25, 0.3) is 0 Å². The monoisotopic (exact) mass is 228 g/mol. The fraction of sp³-hybridized carbons (Fsp3) is 0.846. The third-order valence-electron chi connectivity index (χ3n) is 2.51. The van der Waals surface area contributed by atoms with Gasteiger partial charge in [0.1, 0.15) is 11.7 Å². The molecule has 0 N–H and O–H groups in total. The molecule has 0 rings (SSSR count). The lowest BCUT2D eigenvalue weighted by atomic mass is 9.93. The molecule has 0 bridgehead atoms. The molecule has 0 amide bonds. The number of Topliss-reactive ketones (excluding diaryl/α,β-unsaturated/α-hetero) is 1. The largest absolute Gasteiger partial charge is 0.465 e. The summed E-state index contributed by atoms with van der Waals surface area (Å²) in [4.78, 5) is 23.4. The summed E-state index contributed by atoms with van der Waals surface area (Å²) in [7, 11) is 0. The first kappa shape index (κ1) is 15.1. The van der Waals surface area contributed by atoms with Gasteiger partial charge in [0.05, 0.1) is 6.61 Å². The molecule has 0 saturated heterocycles. The van der Waals surface area contributed by atoms with Crippen molar-refractivity contribution in [2.45, 2.75) is 53.4 Å². The number of hydrogen-bond acceptors (Lipinski definition) is 3. The predicted octanol–water partition coefficient (Wildman–Crippen LogP) is 2.97. The van der Waals surface area contributed by atoms with Crippen molar-refractivity contribution in [1.82, 2.24) is 0 Å². The second-order valence-corrected chi connectivity index (χ2v) is 4.49. The summed E-state index contributed by atoms with van der Waals surface area (Å²) in [5.74, 6) is -0.357. The van der Waals surface area contributed by atoms with E-state index in [4.69, 9.17) is 4.74 Å². The van der Waals surface area contributed by atoms with Gasteiger partial charge < -0.3 is 4.74 Å². The Morgan fingerprint density at radius 3 is 2.19 bits per heavy atom. The molecule has 0 aromatic carbocycles. The van der Waals surface area contributed by atoms with Crippen LogP contribution in [0.2, 0.25) is 0 Å². The van der Waals surface area contributed by atoms with E-state index < -0.39 is 5.92 Å². The van der Waals surface area contributed by atoms with E-state index in [0.717, 1.165) is 12.8 Å². The van der Waals surface area contributed by atoms with Crippen molar-refractivity contribution >= 4 is 11.8 Å². The number of carbonyl (C=O) groups is 2. The molecule has 0 aliphatic carbocycles. The van der Waals surface area contributed by atoms with Crippen molar-refractivity contribution in [2.75, 3.05) is 6.61 Å². The van der Waals surface area contributed by atoms with Crippen LogP contribution in [0.3, 0.4) is 0 Å². The Labute approximate surface area is 98.6 Å². The molecule has 0 aromatic rings. The Hall–Kier alpha value is -0.860. The minimum atomic E-state index is -0.538. The van der Waals surface area contributed by atoms with Crippen LogP contribution in [0, 0.1) is 11.8 Å². The fourth-order valence-corrected chi connectivity index (χ4v) is 1.55. The second-order valence-electron chi connectivity index (χ2n) is 4.49. The number of carbonyl (C=O) groups excluding carboxylic acids is 2. The summed E-state index contributed by atoms with van der Waals surface area (Å²) in [5, 5.41) is 0. The maximum atomic E-state index is 11.9. The van der Waals surface area contributed by atoms with Gasteiger partial charge in [0.25, 0.3) is 0 Å². The molecule has 1 unspecified atom stereocenters. The van der Waals surface area contributed by atoms with Crippen LogP contribution in [0.4, 0.5) is 0 Å². The zero-order valence-corrected chi connectivity index (χ0v) is 10.9. The topological polar surface area (TPSA) is 43.4 Å². The zero-order valence-electron chi connectivity index (χ0n) is 10.9. The number of esters is 1. The lowest BCUT2D eigenvalue weighted by molar-refractivity contribution is -0.152. The van der Waals surface area contributed by atoms with Gasteiger partial charge in [-0.25, -0.2) is 0 Å². The van der Waals surface area contributed by atoms with Crippen LogP contribution in [0.15, 0.2) is 0 Å². The smallest absolute Gasteiger partial charge is 0.316 e. The average Bonchev–Trinajstić information content (AvgIpc) is 2.22. The van der Waals surface area contributed by atoms with Crippen LogP contribution in [0.1, 0.15) is 53.4 Å². The van der Waals surface area contributed by atoms with Gasteiger partial charge >= 0.3 is 5.97 Å². The Morgan fingerprint density at radius 2 is 1.75 bits per heavy atom. The molecule has 94 valence electrons. The van der Waals surface area contributed by atoms with E-state index in [1.54, 1.807) is 6.92 Å². The van der Waals surface area contributed by atoms with Gasteiger partial charge in [-0.3, -0.25) is 9.59 Å². The first-order valence-corrected chi connectivity index (χ1v) is 6.22. The molecule has 0 saturated carbocycles. The Morgan fingerprint density at radius 1 is 1.12 bits per heavy atom. The molecule has 0 aliphatic heterocycles. The first-order chi connectivity index (χ1) is 7.52. The molecule has 0 heterocycles. The quantitative estimate of drug-likeness (QED) is 0.474. The maximum Gasteiger partial charge on any atom is 0.316 e. The van der Waals surface area contributed by atoms with E-state index in [9.17, 15) is 9.59 Å². The minimum Gasteiger partial charge on any atom is -0.465 e. The Bertz CT molecular complexity index is 221. The average molecular weight is 228 g/mol. The lowest BCUT2D eigenvalue weighted by Gasteiger charge is -2.14. The van der Waals surface area contributed by atoms with Crippen molar-refractivity contribution in [2.24, 2.45) is 11.8 Å². The van der Waals surface area contributed by atoms with Crippen LogP contribution < -0.4 is 0 Å². The summed E-state index contributed by atoms with van der Waals surface area (Å²) in [6.07, 6.45) is 2.77. The van der Waals surface area contributed by atoms with Crippen molar-refractivity contribution in [3.05, 3.63) is 0 Å². The normalized spacial score (nSPS) is 12.6. The van der Waals surface area contributed by atoms with Gasteiger partial charge in [0.15, 0.2) is 0 Å². The van der Waals surface area contributed by atoms with Crippen LogP contribution in [-0.4, -0.2) is 18.4 Å². The van der Waals surface area contributed by atoms with E-state index in [2.05, 4.69) is 13.8 Å². The van der Waals surface area contributed by atoms with E-state index in [0.29, 0.717) is 25.4 Å². The fourth-order valence-electron chi connectivity index (χ4n) is 1.55. The molecule has 16 heavy (non-hydrogen) atoms. The molecule has 3 nitrogen and oxygen atoms in total. The SMILES string of the molecule is CCCC(C(=O)CCC(C)C)C(=O)OCC. The third-order valence-corrected chi connectivity index (χ3v) is 2.51. The zero-order chi connectivity index (χ0) is 12.6. The van der Waals surface area contributed by atoms with Crippen molar-refractivity contribution < 1.29 is 14.3 Å². The van der Waals surface area contributed by atoms with Gasteiger partial charge in [-0.1, -0.05) is 27.2 Å². The van der Waals surface area contributed by atoms with E-state index in [-0.39, 0.29) is 11.8 Å². The van der Waals surface area contributed by atoms with Crippen molar-refractivity contribution in [3.8, 4) is 0 Å². The first-order valence-electron chi connectivity index (χ1n) is 6.22. The van der Waals surface area contributed by atoms with Crippen LogP contribution in [-0.2, 0) is 14.3 Å². The predicted molar refractivity (Wildman–Crippen MR) is 64.1 cm³/mol. The summed E-state index contributed by atoms with van der Waals surface area (Å²) < 4.78 is 4.92. The highest BCUT2D eigenvalue weighted by Gasteiger charge is 2.26. The van der Waals surface area contributed by atoms with E-state index >= 15 is 0 Å². The number of rotatable bonds is 8. The Kier molecular flexibility index (Phi) is 7.86. The molecule has 0 radical (unpaired) electrons. The van der Waals surface area contributed by atoms with Gasteiger partial charge in [0.2, 0.25) is 0 Å². The molecular weight excluding hydrogens is 204 g/mol. The standard InChI is InChI=1S/C13H24O3/c1-5-7-11(13(15)16-6-2)12(14)9-8-10(3)4/h10-11H,5-9H2,1-4H3. The third kappa shape index (κ3) is 5.89. The van der Waals surface area contributed by atoms with Crippen molar-refractivity contribution in [1.29, 1.82) is 0 Å². The number of ether oxygens (including phenoxy) is 1. The highest BCUT2D eigenvalue weighted by molar-refractivity contribution is 5.98. The number of ketones is 1. The van der Waals surface area contributed by atoms with Crippen LogP contribution >= 0.6 is 0 Å². The molecule has 3 heteroatoms. The molecule has 1 atom stereocenters. The lowest BCUT2D eigenvalue weighted by Crippen LogP contribution is -2.26. The van der Waals surface area contributed by atoms with Gasteiger partial charge in [0, 0.05) is 6.42 Å². The molecular formula is C13H24O3. The van der Waals surface area contributed by atoms with Crippen molar-refractivity contribution in [3.63, 3.8) is 0 Å². The maximum absolute atomic E-state index is 11.9. The second kappa shape index (κ2) is 8.31. The van der Waals surface area contributed by atoms with E-state index in [1.807, 2.05) is 6.92 Å². The summed E-state index contributed by atoms with van der Waals surface area (Å²) in [6, 6.07) is 0. The van der Waals surface area contributed by atoms with Crippen LogP contribution in [0.5, 0.6) is 0 Å². The molecule has 0 aromatic heterocycles. The van der Waals surface area contributed by atoms with Gasteiger partial charge in [-0.15, -0.1) is 0 Å². The number of hydrogen-bond donors (Lipinski definition) is 0. The highest BCUT2D eigenvalue weighted by atomic mass is 16.5. The summed E-state index contributed by atoms with van der Waals surface area (Å²) in [6.45, 7) is 8.23. The highest BCUT2D eigenvalue weighted by Crippen LogP contribution is 2.15. The minimum absolute atomic E-state index is 0.0361. The van der Waals surface area contributed by atoms with Gasteiger partial charge in [-0.05, 0) is 25.7 Å². The summed E-state index contributed by atoms with van der Waals surface area (Å²) >= 11 is 0. The summed E-state index contributed by atoms with van der Waals surface area (Å²) in [5.41, 5.74) is 0. The van der Waals surface area contributed by atoms with Gasteiger partial charge in [-0.2, -0.15) is 0 Å². The molecule has 0 aliphatic rings. The Balaban J connectivity index is 4.28. The van der Waals surface area contributed by atoms with E-state index in [1.165, 1.54) is 0 Å². The molecule has 0 fully saturated rings.